The third-order valence-corrected chi connectivity index (χ3v) is 7.33. The number of anilines is 1. The third-order valence-electron chi connectivity index (χ3n) is 7.33. The number of aryl methyl sites for hydroxylation is 1. The Morgan fingerprint density at radius 1 is 0.978 bits per heavy atom. The molecule has 3 rings (SSSR count). The van der Waals surface area contributed by atoms with Crippen LogP contribution < -0.4 is 16.0 Å². The van der Waals surface area contributed by atoms with Crippen molar-refractivity contribution in [3.63, 3.8) is 0 Å². The van der Waals surface area contributed by atoms with Gasteiger partial charge in [0.2, 0.25) is 0 Å². The van der Waals surface area contributed by atoms with Crippen LogP contribution in [-0.4, -0.2) is 32.5 Å². The number of halogens is 3. The summed E-state index contributed by atoms with van der Waals surface area (Å²) in [5, 5.41) is 10.1. The molecule has 0 aliphatic rings. The number of Topliss-reactive ketones (excluding diaryl/α,β-unsaturated/α-hetero) is 1. The van der Waals surface area contributed by atoms with E-state index in [1.807, 2.05) is 52.8 Å². The van der Waals surface area contributed by atoms with E-state index in [4.69, 9.17) is 4.74 Å². The molecule has 2 aromatic carbocycles. The zero-order chi connectivity index (χ0) is 34.3. The fourth-order valence-corrected chi connectivity index (χ4v) is 4.96. The molecule has 7 nitrogen and oxygen atoms in total. The highest BCUT2D eigenvalue weighted by Crippen LogP contribution is 2.31. The maximum absolute atomic E-state index is 13.1. The first kappa shape index (κ1) is 36.0. The predicted molar refractivity (Wildman–Crippen MR) is 178 cm³/mol. The summed E-state index contributed by atoms with van der Waals surface area (Å²) in [4.78, 5) is 17.0. The number of alkyl halides is 3. The van der Waals surface area contributed by atoms with E-state index in [0.717, 1.165) is 31.4 Å². The van der Waals surface area contributed by atoms with Crippen molar-refractivity contribution in [2.45, 2.75) is 90.2 Å². The van der Waals surface area contributed by atoms with Gasteiger partial charge in [-0.1, -0.05) is 55.6 Å². The second-order valence-corrected chi connectivity index (χ2v) is 12.9. The van der Waals surface area contributed by atoms with Crippen molar-refractivity contribution in [1.82, 2.24) is 20.2 Å². The van der Waals surface area contributed by atoms with E-state index in [1.54, 1.807) is 10.8 Å². The third kappa shape index (κ3) is 10.6. The van der Waals surface area contributed by atoms with E-state index in [2.05, 4.69) is 52.8 Å². The van der Waals surface area contributed by atoms with Crippen molar-refractivity contribution in [3.05, 3.63) is 121 Å². The molecule has 3 N–H and O–H groups in total. The molecule has 2 unspecified atom stereocenters. The van der Waals surface area contributed by atoms with E-state index in [9.17, 15) is 18.0 Å². The number of carbonyl (C=O) groups is 1. The number of aromatic nitrogens is 2. The highest BCUT2D eigenvalue weighted by Gasteiger charge is 2.31. The molecule has 10 heteroatoms. The summed E-state index contributed by atoms with van der Waals surface area (Å²) >= 11 is 0. The lowest BCUT2D eigenvalue weighted by atomic mass is 9.98. The fourth-order valence-electron chi connectivity index (χ4n) is 4.96. The van der Waals surface area contributed by atoms with Gasteiger partial charge in [0, 0.05) is 17.6 Å². The van der Waals surface area contributed by atoms with Crippen LogP contribution >= 0.6 is 0 Å². The first-order valence-electron chi connectivity index (χ1n) is 15.2. The molecule has 2 atom stereocenters. The molecule has 0 bridgehead atoms. The van der Waals surface area contributed by atoms with Gasteiger partial charge < -0.3 is 25.3 Å². The minimum atomic E-state index is -4.47. The van der Waals surface area contributed by atoms with Gasteiger partial charge in [-0.3, -0.25) is 4.79 Å². The number of carbonyl (C=O) groups excluding carboxylic acids is 1. The van der Waals surface area contributed by atoms with E-state index in [1.165, 1.54) is 30.9 Å². The topological polar surface area (TPSA) is 80.2 Å². The average molecular weight is 638 g/mol. The van der Waals surface area contributed by atoms with Crippen LogP contribution in [0.2, 0.25) is 0 Å². The summed E-state index contributed by atoms with van der Waals surface area (Å²) < 4.78 is 46.7. The van der Waals surface area contributed by atoms with E-state index in [0.29, 0.717) is 28.7 Å². The van der Waals surface area contributed by atoms with Crippen LogP contribution in [0.3, 0.4) is 0 Å². The van der Waals surface area contributed by atoms with Crippen molar-refractivity contribution in [1.29, 1.82) is 0 Å². The van der Waals surface area contributed by atoms with Crippen LogP contribution in [0.25, 0.3) is 0 Å². The van der Waals surface area contributed by atoms with Gasteiger partial charge in [-0.25, -0.2) is 4.98 Å². The van der Waals surface area contributed by atoms with Crippen molar-refractivity contribution in [2.75, 3.05) is 5.32 Å². The highest BCUT2D eigenvalue weighted by molar-refractivity contribution is 5.83. The summed E-state index contributed by atoms with van der Waals surface area (Å²) in [7, 11) is 0. The molecule has 0 saturated heterocycles. The van der Waals surface area contributed by atoms with Crippen molar-refractivity contribution in [2.24, 2.45) is 0 Å². The lowest BCUT2D eigenvalue weighted by Crippen LogP contribution is -2.48. The summed E-state index contributed by atoms with van der Waals surface area (Å²) in [6, 6.07) is 13.7. The normalized spacial score (nSPS) is 13.3. The Morgan fingerprint density at radius 2 is 1.61 bits per heavy atom. The molecule has 1 heterocycles. The molecule has 0 saturated carbocycles. The highest BCUT2D eigenvalue weighted by atomic mass is 19.4. The zero-order valence-electron chi connectivity index (χ0n) is 27.6. The molecular weight excluding hydrogens is 591 g/mol. The van der Waals surface area contributed by atoms with E-state index in [-0.39, 0.29) is 11.8 Å². The Bertz CT molecular complexity index is 1500. The molecule has 0 amide bonds. The number of ketones is 1. The van der Waals surface area contributed by atoms with Crippen LogP contribution in [0, 0.1) is 0 Å². The number of ether oxygens (including phenoxy) is 1. The van der Waals surface area contributed by atoms with Crippen LogP contribution in [0.5, 0.6) is 0 Å². The predicted octanol–water partition coefficient (Wildman–Crippen LogP) is 8.16. The largest absolute Gasteiger partial charge is 0.474 e. The Kier molecular flexibility index (Phi) is 11.5. The summed E-state index contributed by atoms with van der Waals surface area (Å²) in [6.45, 7) is 23.8. The number of nitrogens with zero attached hydrogens (tertiary/aromatic N) is 2. The Hall–Kier alpha value is -4.47. The summed E-state index contributed by atoms with van der Waals surface area (Å²) in [5.74, 6) is 0.621. The minimum Gasteiger partial charge on any atom is -0.474 e. The Labute approximate surface area is 270 Å². The maximum Gasteiger partial charge on any atom is 0.416 e. The molecule has 0 radical (unpaired) electrons. The lowest BCUT2D eigenvalue weighted by Gasteiger charge is -2.36. The van der Waals surface area contributed by atoms with Crippen molar-refractivity contribution in [3.8, 4) is 0 Å². The minimum absolute atomic E-state index is 0.244. The SMILES string of the molecule is C=C(NC(C)(C)C(=C)NC(CCCc1ccccc1)C(=C)Nc1cn(C(C(C)=O)c2ccc(C(F)(F)F)cc2)cn1)OC(C)(C)C. The standard InChI is InChI=1S/C36H46F3N5O2/c1-24(41-32-22-44(23-40-32)33(25(2)45)29-18-20-30(21-19-29)36(37,38)39)31(17-13-16-28-14-11-10-12-15-28)42-26(3)35(8,9)43-27(4)46-34(5,6)7/h10-12,14-15,18-23,31,33,41-43H,1,3-4,13,16-17H2,2,5-9H3. The van der Waals surface area contributed by atoms with E-state index >= 15 is 0 Å². The molecule has 1 aromatic heterocycles. The average Bonchev–Trinajstić information content (AvgIpc) is 3.38. The molecule has 0 aliphatic carbocycles. The van der Waals surface area contributed by atoms with Crippen molar-refractivity contribution < 1.29 is 22.7 Å². The van der Waals surface area contributed by atoms with E-state index < -0.39 is 28.9 Å². The van der Waals surface area contributed by atoms with Gasteiger partial charge in [-0.05, 0) is 90.6 Å². The Balaban J connectivity index is 1.77. The maximum atomic E-state index is 13.1. The number of nitrogens with one attached hydrogen (secondary N) is 3. The van der Waals surface area contributed by atoms with Crippen LogP contribution in [0.1, 0.15) is 77.1 Å². The van der Waals surface area contributed by atoms with Crippen LogP contribution in [-0.2, 0) is 22.1 Å². The van der Waals surface area contributed by atoms with Crippen molar-refractivity contribution >= 4 is 11.6 Å². The second kappa shape index (κ2) is 14.7. The fraction of sp³-hybridized carbons (Fsp3) is 0.389. The van der Waals surface area contributed by atoms with Gasteiger partial charge in [-0.2, -0.15) is 13.2 Å². The Morgan fingerprint density at radius 3 is 2.17 bits per heavy atom. The smallest absolute Gasteiger partial charge is 0.416 e. The molecule has 0 fully saturated rings. The molecule has 248 valence electrons. The van der Waals surface area contributed by atoms with Crippen LogP contribution in [0.4, 0.5) is 19.0 Å². The molecular formula is C36H46F3N5O2. The number of benzene rings is 2. The number of imidazole rings is 1. The number of hydrogen-bond donors (Lipinski definition) is 3. The van der Waals surface area contributed by atoms with Gasteiger partial charge in [0.15, 0.2) is 11.7 Å². The van der Waals surface area contributed by atoms with Gasteiger partial charge in [0.25, 0.3) is 0 Å². The molecule has 0 spiro atoms. The van der Waals surface area contributed by atoms with Gasteiger partial charge in [-0.15, -0.1) is 0 Å². The van der Waals surface area contributed by atoms with Gasteiger partial charge in [0.05, 0.1) is 23.5 Å². The molecule has 0 aliphatic heterocycles. The zero-order valence-corrected chi connectivity index (χ0v) is 27.6. The number of hydrogen-bond acceptors (Lipinski definition) is 6. The quantitative estimate of drug-likeness (QED) is 0.138. The summed E-state index contributed by atoms with van der Waals surface area (Å²) in [6.07, 6.45) is 1.11. The van der Waals surface area contributed by atoms with Crippen LogP contribution in [0.15, 0.2) is 104 Å². The van der Waals surface area contributed by atoms with Gasteiger partial charge >= 0.3 is 6.18 Å². The van der Waals surface area contributed by atoms with Gasteiger partial charge in [0.1, 0.15) is 17.5 Å². The number of rotatable bonds is 16. The second-order valence-electron chi connectivity index (χ2n) is 12.9. The lowest BCUT2D eigenvalue weighted by molar-refractivity contribution is -0.137. The first-order valence-corrected chi connectivity index (χ1v) is 15.2. The monoisotopic (exact) mass is 637 g/mol. The summed E-state index contributed by atoms with van der Waals surface area (Å²) in [5.41, 5.74) is 1.17. The molecule has 3 aromatic rings. The molecule has 46 heavy (non-hydrogen) atoms. The first-order chi connectivity index (χ1) is 21.4.